The minimum Gasteiger partial charge on any atom is -0.508 e. The Kier molecular flexibility index (Phi) is 3.29. The van der Waals surface area contributed by atoms with Gasteiger partial charge >= 0.3 is 7.82 Å². The maximum absolute atomic E-state index is 10.4. The molecule has 0 aliphatic rings. The largest absolute Gasteiger partial charge is 0.508 e. The summed E-state index contributed by atoms with van der Waals surface area (Å²) in [6.07, 6.45) is 0. The van der Waals surface area contributed by atoms with E-state index in [1.807, 2.05) is 0 Å². The highest BCUT2D eigenvalue weighted by atomic mass is 31.2. The summed E-state index contributed by atoms with van der Waals surface area (Å²) < 4.78 is 14.6. The lowest BCUT2D eigenvalue weighted by Crippen LogP contribution is -1.92. The Bertz CT molecular complexity index is 370. The summed E-state index contributed by atoms with van der Waals surface area (Å²) in [7, 11) is -4.48. The van der Waals surface area contributed by atoms with E-state index >= 15 is 0 Å². The van der Waals surface area contributed by atoms with E-state index in [4.69, 9.17) is 9.79 Å². The third kappa shape index (κ3) is 3.47. The maximum atomic E-state index is 10.4. The Balaban J connectivity index is 2.76. The van der Waals surface area contributed by atoms with Gasteiger partial charge in [0.1, 0.15) is 5.75 Å². The van der Waals surface area contributed by atoms with E-state index < -0.39 is 7.82 Å². The fraction of sp³-hybridized carbons (Fsp3) is 0.250. The molecule has 0 unspecified atom stereocenters. The highest BCUT2D eigenvalue weighted by Gasteiger charge is 2.14. The smallest absolute Gasteiger partial charge is 0.469 e. The molecule has 0 saturated heterocycles. The van der Waals surface area contributed by atoms with Crippen LogP contribution in [0.1, 0.15) is 11.1 Å². The number of rotatable bonds is 3. The fourth-order valence-electron chi connectivity index (χ4n) is 0.984. The van der Waals surface area contributed by atoms with Crippen LogP contribution in [0.2, 0.25) is 0 Å². The van der Waals surface area contributed by atoms with Crippen LogP contribution in [0.25, 0.3) is 0 Å². The van der Waals surface area contributed by atoms with E-state index in [2.05, 4.69) is 4.52 Å². The van der Waals surface area contributed by atoms with Crippen LogP contribution in [-0.2, 0) is 15.7 Å². The van der Waals surface area contributed by atoms with Crippen LogP contribution in [0.3, 0.4) is 0 Å². The van der Waals surface area contributed by atoms with Gasteiger partial charge in [-0.1, -0.05) is 17.7 Å². The molecular weight excluding hydrogens is 207 g/mol. The SMILES string of the molecule is Cc1ccc(O)c(COP(=O)(O)O)c1. The van der Waals surface area contributed by atoms with Crippen LogP contribution in [-0.4, -0.2) is 14.9 Å². The van der Waals surface area contributed by atoms with Crippen molar-refractivity contribution in [1.29, 1.82) is 0 Å². The topological polar surface area (TPSA) is 87.0 Å². The first-order valence-corrected chi connectivity index (χ1v) is 5.40. The van der Waals surface area contributed by atoms with Gasteiger partial charge in [-0.2, -0.15) is 0 Å². The molecule has 0 saturated carbocycles. The first-order chi connectivity index (χ1) is 6.38. The van der Waals surface area contributed by atoms with Gasteiger partial charge in [-0.25, -0.2) is 4.57 Å². The summed E-state index contributed by atoms with van der Waals surface area (Å²) in [5, 5.41) is 9.30. The third-order valence-corrected chi connectivity index (χ3v) is 2.09. The number of hydrogen-bond acceptors (Lipinski definition) is 3. The monoisotopic (exact) mass is 218 g/mol. The molecule has 0 atom stereocenters. The quantitative estimate of drug-likeness (QED) is 0.666. The molecule has 5 nitrogen and oxygen atoms in total. The number of benzene rings is 1. The van der Waals surface area contributed by atoms with E-state index in [0.29, 0.717) is 5.56 Å². The second-order valence-electron chi connectivity index (χ2n) is 2.90. The number of hydrogen-bond donors (Lipinski definition) is 3. The number of phosphoric acid groups is 1. The van der Waals surface area contributed by atoms with Gasteiger partial charge in [-0.05, 0) is 13.0 Å². The highest BCUT2D eigenvalue weighted by Crippen LogP contribution is 2.37. The Morgan fingerprint density at radius 2 is 2.07 bits per heavy atom. The zero-order valence-corrected chi connectivity index (χ0v) is 8.44. The molecule has 0 radical (unpaired) electrons. The molecule has 0 aliphatic heterocycles. The van der Waals surface area contributed by atoms with E-state index in [1.165, 1.54) is 6.07 Å². The van der Waals surface area contributed by atoms with Crippen LogP contribution >= 0.6 is 7.82 Å². The molecule has 1 aromatic carbocycles. The Labute approximate surface area is 81.2 Å². The lowest BCUT2D eigenvalue weighted by molar-refractivity contribution is 0.187. The molecule has 1 aromatic rings. The van der Waals surface area contributed by atoms with E-state index in [-0.39, 0.29) is 12.4 Å². The van der Waals surface area contributed by atoms with Crippen LogP contribution in [0.4, 0.5) is 0 Å². The molecule has 1 rings (SSSR count). The molecule has 14 heavy (non-hydrogen) atoms. The van der Waals surface area contributed by atoms with Gasteiger partial charge in [0.05, 0.1) is 6.61 Å². The molecule has 0 amide bonds. The number of phosphoric ester groups is 1. The molecule has 0 aliphatic carbocycles. The first-order valence-electron chi connectivity index (χ1n) is 3.87. The second-order valence-corrected chi connectivity index (χ2v) is 4.14. The van der Waals surface area contributed by atoms with E-state index in [0.717, 1.165) is 5.56 Å². The summed E-state index contributed by atoms with van der Waals surface area (Å²) in [5.41, 5.74) is 1.24. The summed E-state index contributed by atoms with van der Waals surface area (Å²) >= 11 is 0. The highest BCUT2D eigenvalue weighted by molar-refractivity contribution is 7.46. The molecule has 3 N–H and O–H groups in total. The molecule has 0 aromatic heterocycles. The molecule has 0 fully saturated rings. The van der Waals surface area contributed by atoms with Crippen LogP contribution in [0.5, 0.6) is 5.75 Å². The first kappa shape index (κ1) is 11.2. The van der Waals surface area contributed by atoms with Crippen molar-refractivity contribution in [3.05, 3.63) is 29.3 Å². The lowest BCUT2D eigenvalue weighted by atomic mass is 10.1. The van der Waals surface area contributed by atoms with Crippen molar-refractivity contribution in [2.75, 3.05) is 0 Å². The van der Waals surface area contributed by atoms with Gasteiger partial charge in [-0.15, -0.1) is 0 Å². The van der Waals surface area contributed by atoms with Crippen LogP contribution < -0.4 is 0 Å². The molecule has 6 heteroatoms. The molecule has 78 valence electrons. The van der Waals surface area contributed by atoms with Crippen molar-refractivity contribution >= 4 is 7.82 Å². The summed E-state index contributed by atoms with van der Waals surface area (Å²) in [4.78, 5) is 16.9. The summed E-state index contributed by atoms with van der Waals surface area (Å²) in [6.45, 7) is 1.50. The van der Waals surface area contributed by atoms with Gasteiger partial charge in [0.2, 0.25) is 0 Å². The van der Waals surface area contributed by atoms with Crippen molar-refractivity contribution in [2.24, 2.45) is 0 Å². The van der Waals surface area contributed by atoms with Gasteiger partial charge in [0.25, 0.3) is 0 Å². The molecule has 0 bridgehead atoms. The minimum atomic E-state index is -4.48. The Morgan fingerprint density at radius 1 is 1.43 bits per heavy atom. The summed E-state index contributed by atoms with van der Waals surface area (Å²) in [5.74, 6) is -0.0379. The van der Waals surface area contributed by atoms with Crippen molar-refractivity contribution in [1.82, 2.24) is 0 Å². The Morgan fingerprint density at radius 3 is 2.64 bits per heavy atom. The third-order valence-electron chi connectivity index (χ3n) is 1.62. The molecule has 0 spiro atoms. The summed E-state index contributed by atoms with van der Waals surface area (Å²) in [6, 6.07) is 4.75. The van der Waals surface area contributed by atoms with Crippen molar-refractivity contribution < 1.29 is 24.0 Å². The van der Waals surface area contributed by atoms with Gasteiger partial charge < -0.3 is 14.9 Å². The number of aromatic hydroxyl groups is 1. The maximum Gasteiger partial charge on any atom is 0.469 e. The molecule has 0 heterocycles. The average molecular weight is 218 g/mol. The normalized spacial score (nSPS) is 11.6. The van der Waals surface area contributed by atoms with E-state index in [9.17, 15) is 9.67 Å². The van der Waals surface area contributed by atoms with Crippen LogP contribution in [0.15, 0.2) is 18.2 Å². The average Bonchev–Trinajstić information content (AvgIpc) is 2.05. The number of phenolic OH excluding ortho intramolecular Hbond substituents is 1. The van der Waals surface area contributed by atoms with E-state index in [1.54, 1.807) is 19.1 Å². The van der Waals surface area contributed by atoms with Gasteiger partial charge in [0, 0.05) is 5.56 Å². The second kappa shape index (κ2) is 4.11. The lowest BCUT2D eigenvalue weighted by Gasteiger charge is -2.07. The van der Waals surface area contributed by atoms with Crippen molar-refractivity contribution in [3.63, 3.8) is 0 Å². The van der Waals surface area contributed by atoms with Gasteiger partial charge in [-0.3, -0.25) is 4.52 Å². The predicted molar refractivity (Wildman–Crippen MR) is 49.7 cm³/mol. The molecular formula is C8H11O5P. The van der Waals surface area contributed by atoms with Crippen molar-refractivity contribution in [3.8, 4) is 5.75 Å². The van der Waals surface area contributed by atoms with Gasteiger partial charge in [0.15, 0.2) is 0 Å². The minimum absolute atomic E-state index is 0.0379. The standard InChI is InChI=1S/C8H11O5P/c1-6-2-3-8(9)7(4-6)5-13-14(10,11)12/h2-4,9H,5H2,1H3,(H2,10,11,12). The number of phenols is 1. The van der Waals surface area contributed by atoms with Crippen LogP contribution in [0, 0.1) is 6.92 Å². The fourth-order valence-corrected chi connectivity index (χ4v) is 1.29. The van der Waals surface area contributed by atoms with Crippen molar-refractivity contribution in [2.45, 2.75) is 13.5 Å². The zero-order valence-electron chi connectivity index (χ0n) is 7.54. The number of aryl methyl sites for hydroxylation is 1. The predicted octanol–water partition coefficient (Wildman–Crippen LogP) is 1.31. The Hall–Kier alpha value is -0.870. The zero-order chi connectivity index (χ0) is 10.8.